The molecule has 2 aliphatic rings. The SMILES string of the molecule is Cc1ccccc1C=C1Oc2c(ccc([O-])c2C[NH+]2CCOCC2)C1=O. The predicted octanol–water partition coefficient (Wildman–Crippen LogP) is 1.10. The fourth-order valence-electron chi connectivity index (χ4n) is 3.43. The van der Waals surface area contributed by atoms with E-state index in [9.17, 15) is 9.90 Å². The smallest absolute Gasteiger partial charge is 0.231 e. The largest absolute Gasteiger partial charge is 0.872 e. The lowest BCUT2D eigenvalue weighted by Gasteiger charge is -2.26. The number of allylic oxidation sites excluding steroid dienone is 1. The fraction of sp³-hybridized carbons (Fsp3) is 0.286. The van der Waals surface area contributed by atoms with Crippen LogP contribution in [0.5, 0.6) is 11.5 Å². The Morgan fingerprint density at radius 2 is 1.92 bits per heavy atom. The molecule has 0 atom stereocenters. The molecule has 2 aliphatic heterocycles. The summed E-state index contributed by atoms with van der Waals surface area (Å²) in [6, 6.07) is 10.9. The monoisotopic (exact) mass is 351 g/mol. The van der Waals surface area contributed by atoms with Crippen LogP contribution in [0.3, 0.4) is 0 Å². The second kappa shape index (κ2) is 6.94. The fourth-order valence-corrected chi connectivity index (χ4v) is 3.43. The summed E-state index contributed by atoms with van der Waals surface area (Å²) in [7, 11) is 0. The summed E-state index contributed by atoms with van der Waals surface area (Å²) in [4.78, 5) is 14.0. The summed E-state index contributed by atoms with van der Waals surface area (Å²) < 4.78 is 11.3. The molecule has 134 valence electrons. The number of ketones is 1. The molecule has 5 nitrogen and oxygen atoms in total. The Labute approximate surface area is 152 Å². The summed E-state index contributed by atoms with van der Waals surface area (Å²) in [6.45, 7) is 5.62. The van der Waals surface area contributed by atoms with Crippen molar-refractivity contribution in [2.45, 2.75) is 13.5 Å². The third-order valence-corrected chi connectivity index (χ3v) is 5.00. The zero-order chi connectivity index (χ0) is 18.1. The Hall–Kier alpha value is -2.63. The predicted molar refractivity (Wildman–Crippen MR) is 95.2 cm³/mol. The number of nitrogens with one attached hydrogen (secondary N) is 1. The molecule has 2 aromatic carbocycles. The summed E-state index contributed by atoms with van der Waals surface area (Å²) >= 11 is 0. The van der Waals surface area contributed by atoms with Gasteiger partial charge in [0.25, 0.3) is 0 Å². The molecular weight excluding hydrogens is 330 g/mol. The molecule has 0 saturated carbocycles. The van der Waals surface area contributed by atoms with Gasteiger partial charge in [0.1, 0.15) is 25.4 Å². The number of hydrogen-bond acceptors (Lipinski definition) is 4. The van der Waals surface area contributed by atoms with Crippen molar-refractivity contribution in [3.63, 3.8) is 0 Å². The first-order valence-corrected chi connectivity index (χ1v) is 8.87. The zero-order valence-electron chi connectivity index (χ0n) is 14.7. The third kappa shape index (κ3) is 3.11. The summed E-state index contributed by atoms with van der Waals surface area (Å²) in [5.74, 6) is 0.466. The van der Waals surface area contributed by atoms with Gasteiger partial charge < -0.3 is 19.5 Å². The van der Waals surface area contributed by atoms with Crippen molar-refractivity contribution in [2.75, 3.05) is 26.3 Å². The molecule has 5 heteroatoms. The van der Waals surface area contributed by atoms with Crippen molar-refractivity contribution in [1.82, 2.24) is 0 Å². The van der Waals surface area contributed by atoms with Gasteiger partial charge in [0.05, 0.1) is 18.8 Å². The first-order valence-electron chi connectivity index (χ1n) is 8.87. The summed E-state index contributed by atoms with van der Waals surface area (Å²) in [5, 5.41) is 12.4. The Morgan fingerprint density at radius 3 is 2.69 bits per heavy atom. The number of fused-ring (bicyclic) bond motifs is 1. The number of benzene rings is 2. The first kappa shape index (κ1) is 16.8. The van der Waals surface area contributed by atoms with Gasteiger partial charge in [-0.25, -0.2) is 0 Å². The molecule has 26 heavy (non-hydrogen) atoms. The highest BCUT2D eigenvalue weighted by atomic mass is 16.5. The van der Waals surface area contributed by atoms with Crippen molar-refractivity contribution in [3.05, 3.63) is 64.4 Å². The summed E-state index contributed by atoms with van der Waals surface area (Å²) in [5.41, 5.74) is 3.06. The van der Waals surface area contributed by atoms with E-state index in [1.165, 1.54) is 11.0 Å². The Balaban J connectivity index is 1.67. The van der Waals surface area contributed by atoms with Gasteiger partial charge in [-0.05, 0) is 30.2 Å². The highest BCUT2D eigenvalue weighted by molar-refractivity contribution is 6.15. The van der Waals surface area contributed by atoms with Gasteiger partial charge in [0.2, 0.25) is 5.78 Å². The number of aryl methyl sites for hydroxylation is 1. The second-order valence-corrected chi connectivity index (χ2v) is 6.75. The molecule has 0 bridgehead atoms. The van der Waals surface area contributed by atoms with E-state index in [4.69, 9.17) is 9.47 Å². The lowest BCUT2D eigenvalue weighted by molar-refractivity contribution is -0.921. The minimum absolute atomic E-state index is 0.0762. The molecule has 1 N–H and O–H groups in total. The zero-order valence-corrected chi connectivity index (χ0v) is 14.7. The van der Waals surface area contributed by atoms with Crippen LogP contribution >= 0.6 is 0 Å². The van der Waals surface area contributed by atoms with E-state index < -0.39 is 0 Å². The maximum absolute atomic E-state index is 12.7. The van der Waals surface area contributed by atoms with Crippen LogP contribution in [0.15, 0.2) is 42.2 Å². The van der Waals surface area contributed by atoms with Crippen LogP contribution in [-0.4, -0.2) is 32.1 Å². The second-order valence-electron chi connectivity index (χ2n) is 6.75. The number of carbonyl (C=O) groups excluding carboxylic acids is 1. The van der Waals surface area contributed by atoms with Crippen molar-refractivity contribution in [1.29, 1.82) is 0 Å². The molecule has 2 aromatic rings. The van der Waals surface area contributed by atoms with Gasteiger partial charge >= 0.3 is 0 Å². The maximum atomic E-state index is 12.7. The number of morpholine rings is 1. The number of hydrogen-bond donors (Lipinski definition) is 1. The molecule has 0 aliphatic carbocycles. The van der Waals surface area contributed by atoms with Crippen LogP contribution in [0.1, 0.15) is 27.0 Å². The van der Waals surface area contributed by atoms with Crippen molar-refractivity contribution < 1.29 is 24.3 Å². The van der Waals surface area contributed by atoms with Gasteiger partial charge in [0.15, 0.2) is 5.76 Å². The molecule has 0 radical (unpaired) electrons. The number of Topliss-reactive ketones (excluding diaryl/α,β-unsaturated/α-hetero) is 1. The van der Waals surface area contributed by atoms with Gasteiger partial charge in [-0.2, -0.15) is 0 Å². The highest BCUT2D eigenvalue weighted by Gasteiger charge is 2.31. The van der Waals surface area contributed by atoms with E-state index in [1.807, 2.05) is 31.2 Å². The first-order chi connectivity index (χ1) is 12.6. The van der Waals surface area contributed by atoms with Crippen LogP contribution in [0.2, 0.25) is 0 Å². The van der Waals surface area contributed by atoms with E-state index >= 15 is 0 Å². The van der Waals surface area contributed by atoms with Crippen molar-refractivity contribution in [2.24, 2.45) is 0 Å². The summed E-state index contributed by atoms with van der Waals surface area (Å²) in [6.07, 6.45) is 1.76. The van der Waals surface area contributed by atoms with Crippen LogP contribution in [0.4, 0.5) is 0 Å². The quantitative estimate of drug-likeness (QED) is 0.842. The van der Waals surface area contributed by atoms with E-state index in [0.29, 0.717) is 36.6 Å². The normalized spacial score (nSPS) is 18.8. The van der Waals surface area contributed by atoms with Crippen LogP contribution in [0, 0.1) is 6.92 Å². The standard InChI is InChI=1S/C21H21NO4/c1-14-4-2-3-5-15(14)12-19-20(24)16-6-7-18(23)17(21(16)26-19)13-22-8-10-25-11-9-22/h2-7,12,23H,8-11,13H2,1H3. The molecule has 1 saturated heterocycles. The minimum atomic E-state index is -0.165. The molecule has 0 amide bonds. The van der Waals surface area contributed by atoms with E-state index in [0.717, 1.165) is 24.2 Å². The molecule has 1 fully saturated rings. The van der Waals surface area contributed by atoms with E-state index in [2.05, 4.69) is 0 Å². The minimum Gasteiger partial charge on any atom is -0.872 e. The van der Waals surface area contributed by atoms with Gasteiger partial charge in [-0.15, -0.1) is 0 Å². The van der Waals surface area contributed by atoms with Gasteiger partial charge in [-0.1, -0.05) is 36.1 Å². The van der Waals surface area contributed by atoms with E-state index in [1.54, 1.807) is 12.1 Å². The number of rotatable bonds is 3. The third-order valence-electron chi connectivity index (χ3n) is 5.00. The number of carbonyl (C=O) groups is 1. The molecule has 4 rings (SSSR count). The average Bonchev–Trinajstić information content (AvgIpc) is 2.96. The maximum Gasteiger partial charge on any atom is 0.231 e. The Bertz CT molecular complexity index is 882. The van der Waals surface area contributed by atoms with Gasteiger partial charge in [0, 0.05) is 5.56 Å². The lowest BCUT2D eigenvalue weighted by atomic mass is 10.0. The lowest BCUT2D eigenvalue weighted by Crippen LogP contribution is -3.12. The molecular formula is C21H21NO4. The average molecular weight is 351 g/mol. The van der Waals surface area contributed by atoms with Gasteiger partial charge in [-0.3, -0.25) is 4.79 Å². The highest BCUT2D eigenvalue weighted by Crippen LogP contribution is 2.38. The molecule has 0 aromatic heterocycles. The Kier molecular flexibility index (Phi) is 4.49. The number of ether oxygens (including phenoxy) is 2. The van der Waals surface area contributed by atoms with Crippen molar-refractivity contribution in [3.8, 4) is 11.5 Å². The van der Waals surface area contributed by atoms with Crippen LogP contribution in [0.25, 0.3) is 6.08 Å². The molecule has 0 spiro atoms. The Morgan fingerprint density at radius 1 is 1.15 bits per heavy atom. The van der Waals surface area contributed by atoms with Crippen molar-refractivity contribution >= 4 is 11.9 Å². The van der Waals surface area contributed by atoms with Crippen LogP contribution in [-0.2, 0) is 11.3 Å². The molecule has 2 heterocycles. The van der Waals surface area contributed by atoms with Crippen LogP contribution < -0.4 is 14.7 Å². The topological polar surface area (TPSA) is 63.0 Å². The number of quaternary nitrogens is 1. The van der Waals surface area contributed by atoms with E-state index in [-0.39, 0.29) is 17.3 Å². The molecule has 0 unspecified atom stereocenters.